The molecule has 0 N–H and O–H groups in total. The van der Waals surface area contributed by atoms with Crippen LogP contribution in [0.15, 0.2) is 33.7 Å². The Hall–Kier alpha value is -1.23. The van der Waals surface area contributed by atoms with E-state index in [0.29, 0.717) is 18.8 Å². The van der Waals surface area contributed by atoms with Crippen LogP contribution in [0.3, 0.4) is 0 Å². The molecule has 1 fully saturated rings. The normalized spacial score (nSPS) is 26.8. The van der Waals surface area contributed by atoms with Gasteiger partial charge in [0.05, 0.1) is 7.11 Å². The average Bonchev–Trinajstić information content (AvgIpc) is 2.56. The van der Waals surface area contributed by atoms with Crippen molar-refractivity contribution < 1.29 is 13.9 Å². The molecule has 0 bridgehead atoms. The van der Waals surface area contributed by atoms with Crippen molar-refractivity contribution in [1.82, 2.24) is 0 Å². The number of carbonyl (C=O) groups excluding carboxylic acids is 1. The molecule has 1 aliphatic rings. The van der Waals surface area contributed by atoms with Gasteiger partial charge in [0.2, 0.25) is 0 Å². The minimum atomic E-state index is -1.04. The number of alkyl halides is 1. The van der Waals surface area contributed by atoms with Gasteiger partial charge in [0, 0.05) is 16.2 Å². The predicted molar refractivity (Wildman–Crippen MR) is 103 cm³/mol. The number of rotatable bonds is 5. The van der Waals surface area contributed by atoms with E-state index in [1.54, 1.807) is 6.92 Å². The molecule has 5 heteroatoms. The molecular weight excluding hydrogens is 385 g/mol. The van der Waals surface area contributed by atoms with Crippen molar-refractivity contribution in [2.24, 2.45) is 10.9 Å². The fourth-order valence-electron chi connectivity index (χ4n) is 3.58. The van der Waals surface area contributed by atoms with Gasteiger partial charge >= 0.3 is 5.97 Å². The van der Waals surface area contributed by atoms with Gasteiger partial charge in [-0.05, 0) is 64.0 Å². The highest BCUT2D eigenvalue weighted by Gasteiger charge is 2.33. The number of ether oxygens (including phenoxy) is 1. The number of halogens is 2. The van der Waals surface area contributed by atoms with Gasteiger partial charge in [0.25, 0.3) is 0 Å². The van der Waals surface area contributed by atoms with Gasteiger partial charge in [-0.2, -0.15) is 0 Å². The van der Waals surface area contributed by atoms with Gasteiger partial charge in [-0.1, -0.05) is 34.1 Å². The topological polar surface area (TPSA) is 38.7 Å². The molecule has 1 aliphatic carbocycles. The van der Waals surface area contributed by atoms with Crippen LogP contribution in [0.25, 0.3) is 0 Å². The van der Waals surface area contributed by atoms with Crippen LogP contribution in [0.1, 0.15) is 57.9 Å². The van der Waals surface area contributed by atoms with Gasteiger partial charge < -0.3 is 4.74 Å². The predicted octanol–water partition coefficient (Wildman–Crippen LogP) is 5.47. The average molecular weight is 412 g/mol. The van der Waals surface area contributed by atoms with Crippen LogP contribution >= 0.6 is 15.9 Å². The van der Waals surface area contributed by atoms with Crippen molar-refractivity contribution in [3.8, 4) is 0 Å². The number of hydrogen-bond donors (Lipinski definition) is 0. The fraction of sp³-hybridized carbons (Fsp3) is 0.600. The van der Waals surface area contributed by atoms with Gasteiger partial charge in [0.1, 0.15) is 11.6 Å². The zero-order chi connectivity index (χ0) is 18.6. The highest BCUT2D eigenvalue weighted by atomic mass is 79.9. The van der Waals surface area contributed by atoms with Crippen molar-refractivity contribution in [3.63, 3.8) is 0 Å². The molecule has 138 valence electrons. The standard InChI is InChI=1S/C20H27BrFNO2/c1-13(15-9-11-20(3,22)12-10-15)23-14(2)18(19(24)25-4)16-7-5-6-8-17(16)21/h5-8,13,15,18H,9-12H2,1-4H3/b23-14+. The first-order valence-corrected chi connectivity index (χ1v) is 9.60. The largest absolute Gasteiger partial charge is 0.468 e. The lowest BCUT2D eigenvalue weighted by molar-refractivity contribution is -0.140. The van der Waals surface area contributed by atoms with E-state index < -0.39 is 11.6 Å². The summed E-state index contributed by atoms with van der Waals surface area (Å²) in [6, 6.07) is 7.68. The fourth-order valence-corrected chi connectivity index (χ4v) is 4.09. The maximum atomic E-state index is 14.0. The van der Waals surface area contributed by atoms with E-state index in [-0.39, 0.29) is 12.0 Å². The van der Waals surface area contributed by atoms with E-state index in [9.17, 15) is 9.18 Å². The van der Waals surface area contributed by atoms with Crippen molar-refractivity contribution >= 4 is 27.6 Å². The van der Waals surface area contributed by atoms with Gasteiger partial charge in [-0.15, -0.1) is 0 Å². The van der Waals surface area contributed by atoms with Gasteiger partial charge in [-0.25, -0.2) is 4.39 Å². The van der Waals surface area contributed by atoms with Crippen molar-refractivity contribution in [2.45, 2.75) is 64.1 Å². The Bertz CT molecular complexity index is 634. The molecule has 0 radical (unpaired) electrons. The molecule has 1 aromatic rings. The Labute approximate surface area is 158 Å². The smallest absolute Gasteiger partial charge is 0.318 e. The molecule has 3 nitrogen and oxygen atoms in total. The monoisotopic (exact) mass is 411 g/mol. The molecule has 2 rings (SSSR count). The second-order valence-corrected chi connectivity index (χ2v) is 8.09. The summed E-state index contributed by atoms with van der Waals surface area (Å²) in [6.07, 6.45) is 2.84. The summed E-state index contributed by atoms with van der Waals surface area (Å²) in [4.78, 5) is 17.2. The van der Waals surface area contributed by atoms with Crippen LogP contribution in [0.5, 0.6) is 0 Å². The Kier molecular flexibility index (Phi) is 6.78. The van der Waals surface area contributed by atoms with Gasteiger partial charge in [0.15, 0.2) is 0 Å². The summed E-state index contributed by atoms with van der Waals surface area (Å²) in [5.41, 5.74) is 0.543. The highest BCUT2D eigenvalue weighted by molar-refractivity contribution is 9.10. The molecule has 2 unspecified atom stereocenters. The van der Waals surface area contributed by atoms with Crippen LogP contribution in [0.2, 0.25) is 0 Å². The molecule has 1 saturated carbocycles. The molecule has 2 atom stereocenters. The van der Waals surface area contributed by atoms with Crippen LogP contribution < -0.4 is 0 Å². The van der Waals surface area contributed by atoms with Crippen LogP contribution in [0, 0.1) is 5.92 Å². The maximum Gasteiger partial charge on any atom is 0.318 e. The molecule has 1 aromatic carbocycles. The summed E-state index contributed by atoms with van der Waals surface area (Å²) in [6.45, 7) is 5.62. The Balaban J connectivity index is 2.21. The van der Waals surface area contributed by atoms with E-state index in [1.165, 1.54) is 7.11 Å². The Morgan fingerprint density at radius 3 is 2.52 bits per heavy atom. The maximum absolute atomic E-state index is 14.0. The molecule has 0 spiro atoms. The van der Waals surface area contributed by atoms with E-state index in [2.05, 4.69) is 22.9 Å². The zero-order valence-corrected chi connectivity index (χ0v) is 17.0. The summed E-state index contributed by atoms with van der Waals surface area (Å²) in [5.74, 6) is -0.491. The van der Waals surface area contributed by atoms with E-state index in [0.717, 1.165) is 28.6 Å². The number of methoxy groups -OCH3 is 1. The summed E-state index contributed by atoms with van der Waals surface area (Å²) in [5, 5.41) is 0. The highest BCUT2D eigenvalue weighted by Crippen LogP contribution is 2.37. The number of nitrogens with zero attached hydrogens (tertiary/aromatic N) is 1. The van der Waals surface area contributed by atoms with E-state index >= 15 is 0 Å². The first kappa shape index (κ1) is 20.1. The lowest BCUT2D eigenvalue weighted by Crippen LogP contribution is -2.31. The van der Waals surface area contributed by atoms with Crippen LogP contribution in [0.4, 0.5) is 4.39 Å². The summed E-state index contributed by atoms with van der Waals surface area (Å²) < 4.78 is 19.9. The molecule has 0 aromatic heterocycles. The first-order valence-electron chi connectivity index (χ1n) is 8.80. The van der Waals surface area contributed by atoms with Crippen LogP contribution in [-0.4, -0.2) is 30.5 Å². The number of carbonyl (C=O) groups is 1. The molecular formula is C20H27BrFNO2. The quantitative estimate of drug-likeness (QED) is 0.475. The Morgan fingerprint density at radius 1 is 1.36 bits per heavy atom. The third-order valence-electron chi connectivity index (χ3n) is 5.23. The summed E-state index contributed by atoms with van der Waals surface area (Å²) in [7, 11) is 1.39. The number of esters is 1. The molecule has 0 heterocycles. The SMILES string of the molecule is COC(=O)C(/C(C)=N/C(C)C1CCC(C)(F)CC1)c1ccccc1Br. The minimum absolute atomic E-state index is 0.0609. The lowest BCUT2D eigenvalue weighted by Gasteiger charge is -2.33. The van der Waals surface area contributed by atoms with Crippen molar-refractivity contribution in [2.75, 3.05) is 7.11 Å². The molecule has 25 heavy (non-hydrogen) atoms. The number of aliphatic imine (C=N–C) groups is 1. The molecule has 0 amide bonds. The number of benzene rings is 1. The summed E-state index contributed by atoms with van der Waals surface area (Å²) >= 11 is 3.51. The third kappa shape index (κ3) is 5.13. The second-order valence-electron chi connectivity index (χ2n) is 7.24. The van der Waals surface area contributed by atoms with Gasteiger partial charge in [-0.3, -0.25) is 9.79 Å². The number of hydrogen-bond acceptors (Lipinski definition) is 3. The van der Waals surface area contributed by atoms with Crippen molar-refractivity contribution in [1.29, 1.82) is 0 Å². The van der Waals surface area contributed by atoms with Crippen molar-refractivity contribution in [3.05, 3.63) is 34.3 Å². The Morgan fingerprint density at radius 2 is 1.96 bits per heavy atom. The third-order valence-corrected chi connectivity index (χ3v) is 5.96. The first-order chi connectivity index (χ1) is 11.7. The molecule has 0 aliphatic heterocycles. The second kappa shape index (κ2) is 8.43. The zero-order valence-electron chi connectivity index (χ0n) is 15.4. The minimum Gasteiger partial charge on any atom is -0.468 e. The van der Waals surface area contributed by atoms with E-state index in [1.807, 2.05) is 31.2 Å². The molecule has 0 saturated heterocycles. The lowest BCUT2D eigenvalue weighted by atomic mass is 9.78. The van der Waals surface area contributed by atoms with E-state index in [4.69, 9.17) is 9.73 Å². The van der Waals surface area contributed by atoms with Crippen LogP contribution in [-0.2, 0) is 9.53 Å².